The molecule has 0 aliphatic carbocycles. The molecule has 1 N–H and O–H groups in total. The fourth-order valence-electron chi connectivity index (χ4n) is 2.16. The van der Waals surface area contributed by atoms with Gasteiger partial charge in [0.05, 0.1) is 0 Å². The Labute approximate surface area is 93.2 Å². The second kappa shape index (κ2) is 6.11. The average molecular weight is 212 g/mol. The summed E-state index contributed by atoms with van der Waals surface area (Å²) in [5, 5.41) is 3.04. The van der Waals surface area contributed by atoms with Crippen molar-refractivity contribution in [2.24, 2.45) is 5.92 Å². The van der Waals surface area contributed by atoms with Crippen LogP contribution in [0.2, 0.25) is 0 Å². The van der Waals surface area contributed by atoms with E-state index in [0.29, 0.717) is 12.0 Å². The number of rotatable bonds is 5. The number of likely N-dealkylation sites (tertiary alicyclic amines) is 1. The van der Waals surface area contributed by atoms with E-state index >= 15 is 0 Å². The van der Waals surface area contributed by atoms with Crippen LogP contribution in [-0.4, -0.2) is 36.5 Å². The molecule has 1 aliphatic heterocycles. The Morgan fingerprint density at radius 3 is 2.40 bits per heavy atom. The lowest BCUT2D eigenvalue weighted by Gasteiger charge is -2.24. The van der Waals surface area contributed by atoms with Crippen molar-refractivity contribution in [2.75, 3.05) is 19.6 Å². The maximum atomic E-state index is 11.0. The molecule has 1 aliphatic rings. The quantitative estimate of drug-likeness (QED) is 0.751. The third kappa shape index (κ3) is 4.65. The van der Waals surface area contributed by atoms with Crippen molar-refractivity contribution in [3.05, 3.63) is 0 Å². The molecular formula is C12H24N2O. The van der Waals surface area contributed by atoms with Gasteiger partial charge in [0, 0.05) is 19.5 Å². The first-order chi connectivity index (χ1) is 7.09. The first-order valence-electron chi connectivity index (χ1n) is 6.09. The lowest BCUT2D eigenvalue weighted by Crippen LogP contribution is -2.39. The topological polar surface area (TPSA) is 32.3 Å². The predicted octanol–water partition coefficient (Wildman–Crippen LogP) is 1.63. The smallest absolute Gasteiger partial charge is 0.217 e. The predicted molar refractivity (Wildman–Crippen MR) is 62.7 cm³/mol. The van der Waals surface area contributed by atoms with Crippen molar-refractivity contribution in [2.45, 2.75) is 46.1 Å². The molecule has 0 aromatic rings. The highest BCUT2D eigenvalue weighted by atomic mass is 16.1. The maximum Gasteiger partial charge on any atom is 0.217 e. The highest BCUT2D eigenvalue weighted by Gasteiger charge is 2.17. The zero-order valence-corrected chi connectivity index (χ0v) is 10.3. The second-order valence-corrected chi connectivity index (χ2v) is 4.89. The van der Waals surface area contributed by atoms with E-state index in [0.717, 1.165) is 13.0 Å². The van der Waals surface area contributed by atoms with Crippen molar-refractivity contribution >= 4 is 5.91 Å². The average Bonchev–Trinajstić information content (AvgIpc) is 2.63. The molecule has 15 heavy (non-hydrogen) atoms. The molecule has 0 spiro atoms. The Balaban J connectivity index is 2.27. The van der Waals surface area contributed by atoms with E-state index in [9.17, 15) is 4.79 Å². The Bertz CT molecular complexity index is 198. The molecule has 1 saturated heterocycles. The standard InChI is InChI=1S/C12H24N2O/c1-10(2)12(13-11(3)15)6-9-14-7-4-5-8-14/h10,12H,4-9H2,1-3H3,(H,13,15). The molecule has 0 saturated carbocycles. The van der Waals surface area contributed by atoms with Crippen molar-refractivity contribution in [3.63, 3.8) is 0 Å². The van der Waals surface area contributed by atoms with E-state index < -0.39 is 0 Å². The van der Waals surface area contributed by atoms with E-state index in [2.05, 4.69) is 24.1 Å². The Morgan fingerprint density at radius 2 is 1.93 bits per heavy atom. The number of nitrogens with zero attached hydrogens (tertiary/aromatic N) is 1. The Hall–Kier alpha value is -0.570. The normalized spacial score (nSPS) is 19.5. The van der Waals surface area contributed by atoms with Gasteiger partial charge in [0.15, 0.2) is 0 Å². The fraction of sp³-hybridized carbons (Fsp3) is 0.917. The summed E-state index contributed by atoms with van der Waals surface area (Å²) in [4.78, 5) is 13.5. The summed E-state index contributed by atoms with van der Waals surface area (Å²) in [7, 11) is 0. The molecule has 0 aromatic heterocycles. The van der Waals surface area contributed by atoms with Crippen LogP contribution in [0, 0.1) is 5.92 Å². The van der Waals surface area contributed by atoms with Crippen LogP contribution in [0.25, 0.3) is 0 Å². The van der Waals surface area contributed by atoms with Gasteiger partial charge in [0.25, 0.3) is 0 Å². The highest BCUT2D eigenvalue weighted by Crippen LogP contribution is 2.11. The van der Waals surface area contributed by atoms with Gasteiger partial charge in [-0.2, -0.15) is 0 Å². The summed E-state index contributed by atoms with van der Waals surface area (Å²) < 4.78 is 0. The molecule has 1 atom stereocenters. The van der Waals surface area contributed by atoms with Crippen LogP contribution < -0.4 is 5.32 Å². The zero-order valence-electron chi connectivity index (χ0n) is 10.3. The first-order valence-corrected chi connectivity index (χ1v) is 6.09. The fourth-order valence-corrected chi connectivity index (χ4v) is 2.16. The molecule has 1 fully saturated rings. The Kier molecular flexibility index (Phi) is 5.09. The molecule has 0 bridgehead atoms. The first kappa shape index (κ1) is 12.5. The minimum atomic E-state index is 0.0927. The van der Waals surface area contributed by atoms with E-state index in [1.165, 1.54) is 25.9 Å². The van der Waals surface area contributed by atoms with Gasteiger partial charge in [0.2, 0.25) is 5.91 Å². The van der Waals surface area contributed by atoms with Crippen LogP contribution in [-0.2, 0) is 4.79 Å². The molecule has 0 radical (unpaired) electrons. The molecule has 1 rings (SSSR count). The van der Waals surface area contributed by atoms with Gasteiger partial charge in [0.1, 0.15) is 0 Å². The van der Waals surface area contributed by atoms with E-state index in [4.69, 9.17) is 0 Å². The lowest BCUT2D eigenvalue weighted by atomic mass is 10.0. The monoisotopic (exact) mass is 212 g/mol. The number of amides is 1. The Morgan fingerprint density at radius 1 is 1.33 bits per heavy atom. The molecule has 1 amide bonds. The summed E-state index contributed by atoms with van der Waals surface area (Å²) >= 11 is 0. The molecule has 1 unspecified atom stereocenters. The number of hydrogen-bond acceptors (Lipinski definition) is 2. The summed E-state index contributed by atoms with van der Waals surface area (Å²) in [5.74, 6) is 0.617. The third-order valence-electron chi connectivity index (χ3n) is 3.15. The van der Waals surface area contributed by atoms with Gasteiger partial charge in [-0.25, -0.2) is 0 Å². The minimum absolute atomic E-state index is 0.0927. The molecule has 0 aromatic carbocycles. The summed E-state index contributed by atoms with van der Waals surface area (Å²) in [5.41, 5.74) is 0. The molecular weight excluding hydrogens is 188 g/mol. The SMILES string of the molecule is CC(=O)NC(CCN1CCCC1)C(C)C. The molecule has 3 nitrogen and oxygen atoms in total. The van der Waals surface area contributed by atoms with E-state index in [1.807, 2.05) is 0 Å². The van der Waals surface area contributed by atoms with Gasteiger partial charge in [-0.15, -0.1) is 0 Å². The second-order valence-electron chi connectivity index (χ2n) is 4.89. The zero-order chi connectivity index (χ0) is 11.3. The van der Waals surface area contributed by atoms with Crippen molar-refractivity contribution in [1.29, 1.82) is 0 Å². The van der Waals surface area contributed by atoms with Crippen LogP contribution in [0.15, 0.2) is 0 Å². The summed E-state index contributed by atoms with van der Waals surface area (Å²) in [6, 6.07) is 0.336. The molecule has 1 heterocycles. The highest BCUT2D eigenvalue weighted by molar-refractivity contribution is 5.73. The number of carbonyl (C=O) groups excluding carboxylic acids is 1. The molecule has 88 valence electrons. The summed E-state index contributed by atoms with van der Waals surface area (Å²) in [6.45, 7) is 9.55. The molecule has 3 heteroatoms. The largest absolute Gasteiger partial charge is 0.353 e. The van der Waals surface area contributed by atoms with Crippen LogP contribution in [0.3, 0.4) is 0 Å². The van der Waals surface area contributed by atoms with Crippen LogP contribution in [0.1, 0.15) is 40.0 Å². The van der Waals surface area contributed by atoms with Gasteiger partial charge < -0.3 is 10.2 Å². The number of carbonyl (C=O) groups is 1. The van der Waals surface area contributed by atoms with Gasteiger partial charge in [-0.3, -0.25) is 4.79 Å². The summed E-state index contributed by atoms with van der Waals surface area (Å²) in [6.07, 6.45) is 3.76. The van der Waals surface area contributed by atoms with E-state index in [-0.39, 0.29) is 5.91 Å². The van der Waals surface area contributed by atoms with Crippen molar-refractivity contribution < 1.29 is 4.79 Å². The third-order valence-corrected chi connectivity index (χ3v) is 3.15. The van der Waals surface area contributed by atoms with Gasteiger partial charge >= 0.3 is 0 Å². The number of hydrogen-bond donors (Lipinski definition) is 1. The van der Waals surface area contributed by atoms with E-state index in [1.54, 1.807) is 6.92 Å². The number of nitrogens with one attached hydrogen (secondary N) is 1. The maximum absolute atomic E-state index is 11.0. The van der Waals surface area contributed by atoms with Crippen LogP contribution in [0.4, 0.5) is 0 Å². The van der Waals surface area contributed by atoms with Crippen LogP contribution in [0.5, 0.6) is 0 Å². The lowest BCUT2D eigenvalue weighted by molar-refractivity contribution is -0.120. The minimum Gasteiger partial charge on any atom is -0.353 e. The van der Waals surface area contributed by atoms with Crippen molar-refractivity contribution in [1.82, 2.24) is 10.2 Å². The van der Waals surface area contributed by atoms with Crippen molar-refractivity contribution in [3.8, 4) is 0 Å². The van der Waals surface area contributed by atoms with Gasteiger partial charge in [-0.1, -0.05) is 13.8 Å². The van der Waals surface area contributed by atoms with Crippen LogP contribution >= 0.6 is 0 Å². The van der Waals surface area contributed by atoms with Gasteiger partial charge in [-0.05, 0) is 38.3 Å².